The summed E-state index contributed by atoms with van der Waals surface area (Å²) in [6.07, 6.45) is -4.67. The molecular weight excluding hydrogens is 385 g/mol. The summed E-state index contributed by atoms with van der Waals surface area (Å²) in [5.74, 6) is -0.695. The fourth-order valence-electron chi connectivity index (χ4n) is 2.79. The predicted molar refractivity (Wildman–Crippen MR) is 91.6 cm³/mol. The lowest BCUT2D eigenvalue weighted by Crippen LogP contribution is -2.24. The van der Waals surface area contributed by atoms with Gasteiger partial charge in [0.15, 0.2) is 11.3 Å². The quantitative estimate of drug-likeness (QED) is 0.733. The zero-order chi connectivity index (χ0) is 20.1. The summed E-state index contributed by atoms with van der Waals surface area (Å²) in [7, 11) is 1.78. The van der Waals surface area contributed by atoms with E-state index in [0.29, 0.717) is 4.52 Å². The van der Waals surface area contributed by atoms with Gasteiger partial charge in [-0.2, -0.15) is 23.4 Å². The lowest BCUT2D eigenvalue weighted by Gasteiger charge is -2.09. The molecule has 0 aliphatic heterocycles. The Balaban J connectivity index is 1.97. The van der Waals surface area contributed by atoms with Crippen LogP contribution < -0.4 is 5.32 Å². The number of nitrogens with one attached hydrogen (secondary N) is 1. The van der Waals surface area contributed by atoms with Gasteiger partial charge in [-0.05, 0) is 26.8 Å². The molecule has 0 bridgehead atoms. The summed E-state index contributed by atoms with van der Waals surface area (Å²) in [4.78, 5) is 16.5. The Labute approximate surface area is 157 Å². The van der Waals surface area contributed by atoms with Crippen LogP contribution in [0, 0.1) is 20.8 Å². The van der Waals surface area contributed by atoms with E-state index in [1.54, 1.807) is 18.7 Å². The number of rotatable bonds is 3. The molecule has 0 atom stereocenters. The average Bonchev–Trinajstić information content (AvgIpc) is 3.01. The Hall–Kier alpha value is -2.62. The third-order valence-corrected chi connectivity index (χ3v) is 4.60. The molecule has 1 N–H and O–H groups in total. The second-order valence-corrected chi connectivity index (χ2v) is 6.51. The number of hydrogen-bond acceptors (Lipinski definition) is 4. The number of alkyl halides is 3. The Kier molecular flexibility index (Phi) is 4.62. The van der Waals surface area contributed by atoms with E-state index in [2.05, 4.69) is 20.5 Å². The van der Waals surface area contributed by atoms with Crippen LogP contribution in [0.4, 0.5) is 13.2 Å². The second-order valence-electron chi connectivity index (χ2n) is 6.13. The van der Waals surface area contributed by atoms with Gasteiger partial charge in [-0.15, -0.1) is 0 Å². The second kappa shape index (κ2) is 6.52. The molecule has 7 nitrogen and oxygen atoms in total. The highest BCUT2D eigenvalue weighted by molar-refractivity contribution is 6.36. The van der Waals surface area contributed by atoms with Crippen molar-refractivity contribution in [3.05, 3.63) is 45.1 Å². The van der Waals surface area contributed by atoms with Gasteiger partial charge in [-0.25, -0.2) is 9.50 Å². The Morgan fingerprint density at radius 2 is 1.93 bits per heavy atom. The number of carbonyl (C=O) groups is 1. The summed E-state index contributed by atoms with van der Waals surface area (Å²) >= 11 is 6.10. The normalized spacial score (nSPS) is 12.0. The van der Waals surface area contributed by atoms with Crippen LogP contribution in [0.25, 0.3) is 5.65 Å². The number of hydrogen-bond donors (Lipinski definition) is 1. The lowest BCUT2D eigenvalue weighted by molar-refractivity contribution is -0.142. The summed E-state index contributed by atoms with van der Waals surface area (Å²) in [5, 5.41) is 10.4. The van der Waals surface area contributed by atoms with Crippen molar-refractivity contribution in [1.82, 2.24) is 29.7 Å². The smallest absolute Gasteiger partial charge is 0.346 e. The maximum Gasteiger partial charge on any atom is 0.433 e. The third-order valence-electron chi connectivity index (χ3n) is 4.25. The molecule has 3 aromatic heterocycles. The van der Waals surface area contributed by atoms with Crippen molar-refractivity contribution in [2.45, 2.75) is 33.5 Å². The lowest BCUT2D eigenvalue weighted by atomic mass is 10.2. The van der Waals surface area contributed by atoms with Gasteiger partial charge in [0.25, 0.3) is 5.91 Å². The monoisotopic (exact) mass is 400 g/mol. The Bertz CT molecular complexity index is 1050. The van der Waals surface area contributed by atoms with Crippen molar-refractivity contribution in [2.75, 3.05) is 0 Å². The van der Waals surface area contributed by atoms with Crippen LogP contribution in [-0.2, 0) is 19.8 Å². The van der Waals surface area contributed by atoms with Gasteiger partial charge in [-0.1, -0.05) is 11.6 Å². The first-order chi connectivity index (χ1) is 12.5. The molecule has 27 heavy (non-hydrogen) atoms. The average molecular weight is 401 g/mol. The number of fused-ring (bicyclic) bond motifs is 1. The molecule has 0 saturated heterocycles. The highest BCUT2D eigenvalue weighted by atomic mass is 35.5. The molecule has 3 heterocycles. The van der Waals surface area contributed by atoms with Gasteiger partial charge in [0.1, 0.15) is 10.7 Å². The minimum atomic E-state index is -4.67. The summed E-state index contributed by atoms with van der Waals surface area (Å²) in [6, 6.07) is 0.848. The molecule has 0 aromatic carbocycles. The standard InChI is InChI=1S/C16H16ClF3N6O/c1-7-5-11(16(18,19)20)26-14(22-7)12(17)13(24-26)15(27)21-6-10-8(2)23-25(4)9(10)3/h5H,6H2,1-4H3,(H,21,27). The molecule has 0 radical (unpaired) electrons. The third kappa shape index (κ3) is 3.36. The van der Waals surface area contributed by atoms with E-state index < -0.39 is 17.8 Å². The van der Waals surface area contributed by atoms with Crippen molar-refractivity contribution in [2.24, 2.45) is 7.05 Å². The van der Waals surface area contributed by atoms with Gasteiger partial charge < -0.3 is 5.32 Å². The first-order valence-electron chi connectivity index (χ1n) is 7.91. The van der Waals surface area contributed by atoms with E-state index in [1.165, 1.54) is 6.92 Å². The number of aromatic nitrogens is 5. The highest BCUT2D eigenvalue weighted by Crippen LogP contribution is 2.32. The van der Waals surface area contributed by atoms with Crippen LogP contribution >= 0.6 is 11.6 Å². The summed E-state index contributed by atoms with van der Waals surface area (Å²) < 4.78 is 42.0. The number of nitrogens with zero attached hydrogens (tertiary/aromatic N) is 5. The maximum absolute atomic E-state index is 13.3. The van der Waals surface area contributed by atoms with E-state index in [-0.39, 0.29) is 28.6 Å². The van der Waals surface area contributed by atoms with Crippen LogP contribution in [0.3, 0.4) is 0 Å². The van der Waals surface area contributed by atoms with Gasteiger partial charge >= 0.3 is 6.18 Å². The fourth-order valence-corrected chi connectivity index (χ4v) is 3.03. The van der Waals surface area contributed by atoms with Crippen LogP contribution in [-0.4, -0.2) is 30.3 Å². The maximum atomic E-state index is 13.3. The van der Waals surface area contributed by atoms with E-state index in [9.17, 15) is 18.0 Å². The van der Waals surface area contributed by atoms with Crippen LogP contribution in [0.2, 0.25) is 5.02 Å². The van der Waals surface area contributed by atoms with Gasteiger partial charge in [0, 0.05) is 30.5 Å². The van der Waals surface area contributed by atoms with Crippen molar-refractivity contribution < 1.29 is 18.0 Å². The topological polar surface area (TPSA) is 77.1 Å². The Morgan fingerprint density at radius 1 is 1.26 bits per heavy atom. The summed E-state index contributed by atoms with van der Waals surface area (Å²) in [5.41, 5.74) is 0.951. The Morgan fingerprint density at radius 3 is 2.48 bits per heavy atom. The first-order valence-corrected chi connectivity index (χ1v) is 8.28. The van der Waals surface area contributed by atoms with Crippen molar-refractivity contribution >= 4 is 23.2 Å². The summed E-state index contributed by atoms with van der Waals surface area (Å²) in [6.45, 7) is 5.20. The van der Waals surface area contributed by atoms with Gasteiger partial charge in [-0.3, -0.25) is 9.48 Å². The molecular formula is C16H16ClF3N6O. The molecule has 0 unspecified atom stereocenters. The van der Waals surface area contributed by atoms with E-state index >= 15 is 0 Å². The van der Waals surface area contributed by atoms with Gasteiger partial charge in [0.2, 0.25) is 0 Å². The SMILES string of the molecule is Cc1cc(C(F)(F)F)n2nc(C(=O)NCc3c(C)nn(C)c3C)c(Cl)c2n1. The molecule has 0 spiro atoms. The number of amides is 1. The number of halogens is 4. The predicted octanol–water partition coefficient (Wildman–Crippen LogP) is 2.99. The van der Waals surface area contributed by atoms with Crippen LogP contribution in [0.15, 0.2) is 6.07 Å². The zero-order valence-corrected chi connectivity index (χ0v) is 15.7. The number of carbonyl (C=O) groups excluding carboxylic acids is 1. The van der Waals surface area contributed by atoms with E-state index in [4.69, 9.17) is 11.6 Å². The molecule has 0 aliphatic carbocycles. The van der Waals surface area contributed by atoms with Crippen molar-refractivity contribution in [3.8, 4) is 0 Å². The number of aryl methyl sites for hydroxylation is 3. The molecule has 11 heteroatoms. The first kappa shape index (κ1) is 19.2. The largest absolute Gasteiger partial charge is 0.433 e. The molecule has 0 fully saturated rings. The highest BCUT2D eigenvalue weighted by Gasteiger charge is 2.36. The van der Waals surface area contributed by atoms with Crippen LogP contribution in [0.1, 0.15) is 38.8 Å². The van der Waals surface area contributed by atoms with Crippen molar-refractivity contribution in [1.29, 1.82) is 0 Å². The van der Waals surface area contributed by atoms with E-state index in [1.807, 2.05) is 6.92 Å². The molecule has 144 valence electrons. The minimum absolute atomic E-state index is 0.116. The molecule has 0 aliphatic rings. The van der Waals surface area contributed by atoms with Gasteiger partial charge in [0.05, 0.1) is 5.69 Å². The van der Waals surface area contributed by atoms with E-state index in [0.717, 1.165) is 23.0 Å². The van der Waals surface area contributed by atoms with Crippen molar-refractivity contribution in [3.63, 3.8) is 0 Å². The molecule has 3 aromatic rings. The molecule has 0 saturated carbocycles. The molecule has 1 amide bonds. The van der Waals surface area contributed by atoms with Crippen LogP contribution in [0.5, 0.6) is 0 Å². The molecule has 3 rings (SSSR count). The minimum Gasteiger partial charge on any atom is -0.346 e. The zero-order valence-electron chi connectivity index (χ0n) is 14.9. The fraction of sp³-hybridized carbons (Fsp3) is 0.375.